The summed E-state index contributed by atoms with van der Waals surface area (Å²) in [6, 6.07) is 24.0. The second-order valence-corrected chi connectivity index (χ2v) is 11.1. The monoisotopic (exact) mass is 561 g/mol. The van der Waals surface area contributed by atoms with Crippen molar-refractivity contribution in [1.82, 2.24) is 4.90 Å². The van der Waals surface area contributed by atoms with Crippen LogP contribution in [0.4, 0.5) is 4.79 Å². The topological polar surface area (TPSA) is 82.1 Å². The number of ether oxygens (including phenoxy) is 3. The third-order valence-electron chi connectivity index (χ3n) is 6.92. The second-order valence-electron chi connectivity index (χ2n) is 10.2. The van der Waals surface area contributed by atoms with Gasteiger partial charge in [-0.2, -0.15) is 0 Å². The molecule has 2 atom stereocenters. The molecule has 1 saturated heterocycles. The molecule has 1 unspecified atom stereocenters. The standard InChI is InChI=1S/C32H35NO6S/c1-5-37-30(35)32(2,3)39-26-15-11-22(12-16-26)19-24-20-33(31(36)38-25-9-7-6-8-10-25)21-28(24)29(34)23-13-17-27(40-4)18-14-23/h6-18,24,28H,5,19-21H2,1-4H3/t24-,28?/m0/s1. The average molecular weight is 562 g/mol. The number of nitrogens with zero attached hydrogens (tertiary/aromatic N) is 1. The molecular weight excluding hydrogens is 526 g/mol. The highest BCUT2D eigenvalue weighted by molar-refractivity contribution is 7.98. The Kier molecular flexibility index (Phi) is 9.53. The predicted octanol–water partition coefficient (Wildman–Crippen LogP) is 6.30. The number of hydrogen-bond donors (Lipinski definition) is 0. The Morgan fingerprint density at radius 1 is 0.900 bits per heavy atom. The number of rotatable bonds is 10. The highest BCUT2D eigenvalue weighted by Crippen LogP contribution is 2.32. The third-order valence-corrected chi connectivity index (χ3v) is 7.66. The summed E-state index contributed by atoms with van der Waals surface area (Å²) in [5.74, 6) is 0.125. The highest BCUT2D eigenvalue weighted by atomic mass is 32.2. The number of amides is 1. The van der Waals surface area contributed by atoms with E-state index in [4.69, 9.17) is 14.2 Å². The van der Waals surface area contributed by atoms with Gasteiger partial charge >= 0.3 is 12.1 Å². The fourth-order valence-corrected chi connectivity index (χ4v) is 5.19. The van der Waals surface area contributed by atoms with Crippen molar-refractivity contribution >= 4 is 29.6 Å². The van der Waals surface area contributed by atoms with E-state index in [2.05, 4.69) is 0 Å². The van der Waals surface area contributed by atoms with Crippen molar-refractivity contribution in [2.75, 3.05) is 26.0 Å². The van der Waals surface area contributed by atoms with Crippen LogP contribution >= 0.6 is 11.8 Å². The average Bonchev–Trinajstić information content (AvgIpc) is 3.38. The number of Topliss-reactive ketones (excluding diaryl/α,β-unsaturated/α-hetero) is 1. The second kappa shape index (κ2) is 13.0. The highest BCUT2D eigenvalue weighted by Gasteiger charge is 2.40. The third kappa shape index (κ3) is 7.24. The summed E-state index contributed by atoms with van der Waals surface area (Å²) < 4.78 is 16.6. The minimum absolute atomic E-state index is 0.0174. The quantitative estimate of drug-likeness (QED) is 0.163. The van der Waals surface area contributed by atoms with E-state index >= 15 is 0 Å². The van der Waals surface area contributed by atoms with E-state index in [9.17, 15) is 14.4 Å². The van der Waals surface area contributed by atoms with Crippen molar-refractivity contribution in [3.63, 3.8) is 0 Å². The van der Waals surface area contributed by atoms with E-state index in [0.717, 1.165) is 10.5 Å². The number of esters is 1. The van der Waals surface area contributed by atoms with Gasteiger partial charge in [0.1, 0.15) is 11.5 Å². The number of carbonyl (C=O) groups is 3. The Morgan fingerprint density at radius 3 is 2.20 bits per heavy atom. The first kappa shape index (κ1) is 29.2. The fourth-order valence-electron chi connectivity index (χ4n) is 4.79. The Labute approximate surface area is 239 Å². The van der Waals surface area contributed by atoms with Crippen LogP contribution < -0.4 is 9.47 Å². The Balaban J connectivity index is 1.50. The van der Waals surface area contributed by atoms with Crippen LogP contribution in [-0.4, -0.2) is 54.3 Å². The summed E-state index contributed by atoms with van der Waals surface area (Å²) in [6.45, 7) is 6.06. The van der Waals surface area contributed by atoms with Crippen LogP contribution in [0, 0.1) is 11.8 Å². The predicted molar refractivity (Wildman–Crippen MR) is 155 cm³/mol. The summed E-state index contributed by atoms with van der Waals surface area (Å²) in [7, 11) is 0. The number of benzene rings is 3. The van der Waals surface area contributed by atoms with Gasteiger partial charge in [0.2, 0.25) is 0 Å². The molecule has 3 aromatic carbocycles. The van der Waals surface area contributed by atoms with Gasteiger partial charge in [0.15, 0.2) is 11.4 Å². The zero-order chi connectivity index (χ0) is 28.7. The maximum Gasteiger partial charge on any atom is 0.415 e. The van der Waals surface area contributed by atoms with Gasteiger partial charge in [-0.15, -0.1) is 11.8 Å². The van der Waals surface area contributed by atoms with E-state index in [1.165, 1.54) is 0 Å². The minimum Gasteiger partial charge on any atom is -0.476 e. The maximum atomic E-state index is 13.7. The van der Waals surface area contributed by atoms with E-state index in [1.54, 1.807) is 61.7 Å². The molecule has 210 valence electrons. The van der Waals surface area contributed by atoms with Crippen LogP contribution in [0.15, 0.2) is 83.8 Å². The minimum atomic E-state index is -1.12. The Morgan fingerprint density at radius 2 is 1.57 bits per heavy atom. The van der Waals surface area contributed by atoms with E-state index in [-0.39, 0.29) is 30.8 Å². The largest absolute Gasteiger partial charge is 0.476 e. The van der Waals surface area contributed by atoms with Crippen LogP contribution in [-0.2, 0) is 16.0 Å². The SMILES string of the molecule is CCOC(=O)C(C)(C)Oc1ccc(C[C@H]2CN(C(=O)Oc3ccccc3)CC2C(=O)c2ccc(SC)cc2)cc1. The molecule has 1 fully saturated rings. The molecule has 8 heteroatoms. The van der Waals surface area contributed by atoms with Crippen LogP contribution in [0.3, 0.4) is 0 Å². The van der Waals surface area contributed by atoms with Crippen LogP contribution in [0.2, 0.25) is 0 Å². The van der Waals surface area contributed by atoms with Crippen molar-refractivity contribution in [1.29, 1.82) is 0 Å². The zero-order valence-electron chi connectivity index (χ0n) is 23.3. The molecule has 0 radical (unpaired) electrons. The van der Waals surface area contributed by atoms with E-state index in [1.807, 2.05) is 60.9 Å². The summed E-state index contributed by atoms with van der Waals surface area (Å²) in [5, 5.41) is 0. The van der Waals surface area contributed by atoms with Gasteiger partial charge in [-0.25, -0.2) is 9.59 Å². The lowest BCUT2D eigenvalue weighted by Crippen LogP contribution is -2.39. The lowest BCUT2D eigenvalue weighted by molar-refractivity contribution is -0.158. The van der Waals surface area contributed by atoms with Crippen molar-refractivity contribution in [3.05, 3.63) is 90.0 Å². The fraction of sp³-hybridized carbons (Fsp3) is 0.344. The molecule has 1 aliphatic heterocycles. The zero-order valence-corrected chi connectivity index (χ0v) is 24.1. The molecule has 1 amide bonds. The molecule has 0 aliphatic carbocycles. The van der Waals surface area contributed by atoms with Gasteiger partial charge in [-0.1, -0.05) is 42.5 Å². The van der Waals surface area contributed by atoms with Gasteiger partial charge in [-0.05, 0) is 81.3 Å². The van der Waals surface area contributed by atoms with E-state index in [0.29, 0.717) is 30.0 Å². The number of thioether (sulfide) groups is 1. The molecule has 40 heavy (non-hydrogen) atoms. The molecule has 0 aromatic heterocycles. The lowest BCUT2D eigenvalue weighted by atomic mass is 9.84. The van der Waals surface area contributed by atoms with Crippen molar-refractivity contribution in [3.8, 4) is 11.5 Å². The summed E-state index contributed by atoms with van der Waals surface area (Å²) in [5.41, 5.74) is 0.516. The smallest absolute Gasteiger partial charge is 0.415 e. The van der Waals surface area contributed by atoms with Gasteiger partial charge in [0, 0.05) is 29.5 Å². The van der Waals surface area contributed by atoms with Crippen LogP contribution in [0.25, 0.3) is 0 Å². The number of hydrogen-bond acceptors (Lipinski definition) is 7. The van der Waals surface area contributed by atoms with Gasteiger partial charge in [0.25, 0.3) is 0 Å². The molecule has 1 aliphatic rings. The molecular formula is C32H35NO6S. The van der Waals surface area contributed by atoms with Crippen molar-refractivity contribution in [2.45, 2.75) is 37.7 Å². The molecule has 1 heterocycles. The molecule has 4 rings (SSSR count). The molecule has 3 aromatic rings. The Hall–Kier alpha value is -3.78. The van der Waals surface area contributed by atoms with Crippen molar-refractivity contribution < 1.29 is 28.6 Å². The number of ketones is 1. The maximum absolute atomic E-state index is 13.7. The first-order valence-corrected chi connectivity index (χ1v) is 14.6. The molecule has 0 saturated carbocycles. The van der Waals surface area contributed by atoms with E-state index < -0.39 is 17.7 Å². The first-order chi connectivity index (χ1) is 19.2. The van der Waals surface area contributed by atoms with Crippen LogP contribution in [0.5, 0.6) is 11.5 Å². The van der Waals surface area contributed by atoms with Crippen LogP contribution in [0.1, 0.15) is 36.7 Å². The van der Waals surface area contributed by atoms with Crippen molar-refractivity contribution in [2.24, 2.45) is 11.8 Å². The number of carbonyl (C=O) groups excluding carboxylic acids is 3. The first-order valence-electron chi connectivity index (χ1n) is 13.4. The lowest BCUT2D eigenvalue weighted by Gasteiger charge is -2.24. The molecule has 0 bridgehead atoms. The summed E-state index contributed by atoms with van der Waals surface area (Å²) in [4.78, 5) is 41.6. The van der Waals surface area contributed by atoms with Gasteiger partial charge in [0.05, 0.1) is 6.61 Å². The summed E-state index contributed by atoms with van der Waals surface area (Å²) >= 11 is 1.62. The van der Waals surface area contributed by atoms with Gasteiger partial charge in [-0.3, -0.25) is 4.79 Å². The normalized spacial score (nSPS) is 16.9. The van der Waals surface area contributed by atoms with Gasteiger partial charge < -0.3 is 19.1 Å². The molecule has 7 nitrogen and oxygen atoms in total. The number of likely N-dealkylation sites (tertiary alicyclic amines) is 1. The number of para-hydroxylation sites is 1. The molecule has 0 N–H and O–H groups in total. The summed E-state index contributed by atoms with van der Waals surface area (Å²) in [6.07, 6.45) is 2.12. The molecule has 0 spiro atoms. The Bertz CT molecular complexity index is 1310.